The molecule has 2 amide bonds. The van der Waals surface area contributed by atoms with Gasteiger partial charge < -0.3 is 15.4 Å². The first-order chi connectivity index (χ1) is 11.6. The van der Waals surface area contributed by atoms with E-state index in [4.69, 9.17) is 27.9 Å². The highest BCUT2D eigenvalue weighted by atomic mass is 35.5. The fourth-order valence-corrected chi connectivity index (χ4v) is 2.85. The maximum atomic E-state index is 11.7. The van der Waals surface area contributed by atoms with Gasteiger partial charge in [0.25, 0.3) is 0 Å². The van der Waals surface area contributed by atoms with Crippen molar-refractivity contribution in [1.82, 2.24) is 15.5 Å². The largest absolute Gasteiger partial charge is 0.379 e. The van der Waals surface area contributed by atoms with Gasteiger partial charge in [-0.2, -0.15) is 0 Å². The molecule has 0 aromatic heterocycles. The van der Waals surface area contributed by atoms with E-state index in [1.54, 1.807) is 18.2 Å². The van der Waals surface area contributed by atoms with Crippen LogP contribution in [0.1, 0.15) is 5.56 Å². The van der Waals surface area contributed by atoms with Crippen LogP contribution in [0.3, 0.4) is 0 Å². The Hall–Kier alpha value is -1.34. The second kappa shape index (κ2) is 9.84. The summed E-state index contributed by atoms with van der Waals surface area (Å²) in [5, 5.41) is 6.32. The normalized spacial score (nSPS) is 15.1. The van der Waals surface area contributed by atoms with Gasteiger partial charge in [0.15, 0.2) is 0 Å². The van der Waals surface area contributed by atoms with Crippen molar-refractivity contribution in [2.45, 2.75) is 6.42 Å². The summed E-state index contributed by atoms with van der Waals surface area (Å²) >= 11 is 11.9. The van der Waals surface area contributed by atoms with Crippen LogP contribution in [0.2, 0.25) is 10.0 Å². The summed E-state index contributed by atoms with van der Waals surface area (Å²) in [6.07, 6.45) is 0.531. The van der Waals surface area contributed by atoms with E-state index < -0.39 is 11.8 Å². The van der Waals surface area contributed by atoms with Gasteiger partial charge in [-0.15, -0.1) is 0 Å². The van der Waals surface area contributed by atoms with Crippen LogP contribution >= 0.6 is 23.2 Å². The molecule has 8 heteroatoms. The molecule has 1 fully saturated rings. The Kier molecular flexibility index (Phi) is 7.78. The maximum Gasteiger partial charge on any atom is 0.309 e. The molecule has 0 spiro atoms. The zero-order valence-corrected chi connectivity index (χ0v) is 14.8. The molecule has 0 atom stereocenters. The summed E-state index contributed by atoms with van der Waals surface area (Å²) < 4.78 is 5.25. The van der Waals surface area contributed by atoms with Gasteiger partial charge >= 0.3 is 11.8 Å². The van der Waals surface area contributed by atoms with Gasteiger partial charge in [-0.25, -0.2) is 0 Å². The van der Waals surface area contributed by atoms with Crippen molar-refractivity contribution < 1.29 is 14.3 Å². The number of nitrogens with one attached hydrogen (secondary N) is 2. The van der Waals surface area contributed by atoms with Crippen molar-refractivity contribution in [1.29, 1.82) is 0 Å². The molecule has 24 heavy (non-hydrogen) atoms. The Morgan fingerprint density at radius 3 is 2.42 bits per heavy atom. The molecule has 0 unspecified atom stereocenters. The molecule has 1 aliphatic rings. The van der Waals surface area contributed by atoms with Crippen LogP contribution in [0.4, 0.5) is 0 Å². The van der Waals surface area contributed by atoms with Crippen molar-refractivity contribution in [3.05, 3.63) is 33.8 Å². The molecule has 2 rings (SSSR count). The first-order valence-corrected chi connectivity index (χ1v) is 8.62. The summed E-state index contributed by atoms with van der Waals surface area (Å²) in [6.45, 7) is 4.60. The van der Waals surface area contributed by atoms with Crippen molar-refractivity contribution in [3.63, 3.8) is 0 Å². The maximum absolute atomic E-state index is 11.7. The third-order valence-corrected chi connectivity index (χ3v) is 4.31. The van der Waals surface area contributed by atoms with E-state index in [1.807, 2.05) is 0 Å². The Bertz CT molecular complexity index is 578. The van der Waals surface area contributed by atoms with Crippen molar-refractivity contribution in [2.24, 2.45) is 0 Å². The molecule has 1 saturated heterocycles. The molecular formula is C16H21Cl2N3O3. The lowest BCUT2D eigenvalue weighted by atomic mass is 10.1. The van der Waals surface area contributed by atoms with E-state index in [9.17, 15) is 9.59 Å². The Balaban J connectivity index is 1.63. The second-order valence-electron chi connectivity index (χ2n) is 5.45. The third kappa shape index (κ3) is 6.28. The number of nitrogens with zero attached hydrogens (tertiary/aromatic N) is 1. The number of amides is 2. The van der Waals surface area contributed by atoms with E-state index in [1.165, 1.54) is 0 Å². The van der Waals surface area contributed by atoms with E-state index >= 15 is 0 Å². The monoisotopic (exact) mass is 373 g/mol. The number of morpholine rings is 1. The number of hydrogen-bond acceptors (Lipinski definition) is 4. The summed E-state index contributed by atoms with van der Waals surface area (Å²) in [5.74, 6) is -1.26. The highest BCUT2D eigenvalue weighted by Crippen LogP contribution is 2.20. The van der Waals surface area contributed by atoms with Crippen LogP contribution in [0.5, 0.6) is 0 Å². The van der Waals surface area contributed by atoms with Crippen molar-refractivity contribution in [3.8, 4) is 0 Å². The molecule has 1 heterocycles. The molecule has 2 N–H and O–H groups in total. The van der Waals surface area contributed by atoms with Crippen molar-refractivity contribution >= 4 is 35.0 Å². The minimum Gasteiger partial charge on any atom is -0.379 e. The third-order valence-electron chi connectivity index (χ3n) is 3.72. The molecule has 0 saturated carbocycles. The average molecular weight is 374 g/mol. The van der Waals surface area contributed by atoms with Crippen LogP contribution in [0, 0.1) is 0 Å². The molecule has 0 bridgehead atoms. The summed E-state index contributed by atoms with van der Waals surface area (Å²) in [7, 11) is 0. The molecule has 0 aliphatic carbocycles. The summed E-state index contributed by atoms with van der Waals surface area (Å²) in [4.78, 5) is 25.7. The van der Waals surface area contributed by atoms with Crippen LogP contribution in [0.25, 0.3) is 0 Å². The van der Waals surface area contributed by atoms with Crippen molar-refractivity contribution in [2.75, 3.05) is 45.9 Å². The zero-order valence-electron chi connectivity index (χ0n) is 13.3. The number of hydrogen-bond donors (Lipinski definition) is 2. The number of carbonyl (C=O) groups is 2. The number of benzene rings is 1. The van der Waals surface area contributed by atoms with Gasteiger partial charge in [-0.1, -0.05) is 29.3 Å². The number of ether oxygens (including phenoxy) is 1. The van der Waals surface area contributed by atoms with Gasteiger partial charge in [0.1, 0.15) is 0 Å². The fourth-order valence-electron chi connectivity index (χ4n) is 2.35. The quantitative estimate of drug-likeness (QED) is 0.732. The molecule has 1 aromatic rings. The first kappa shape index (κ1) is 19.0. The standard InChI is InChI=1S/C16H21Cl2N3O3/c17-13-2-1-12(14(18)11-13)3-4-19-15(22)16(23)20-5-6-21-7-9-24-10-8-21/h1-2,11H,3-10H2,(H,19,22)(H,20,23). The lowest BCUT2D eigenvalue weighted by Crippen LogP contribution is -2.45. The lowest BCUT2D eigenvalue weighted by Gasteiger charge is -2.26. The van der Waals surface area contributed by atoms with Crippen LogP contribution in [0.15, 0.2) is 18.2 Å². The average Bonchev–Trinajstić information content (AvgIpc) is 2.57. The summed E-state index contributed by atoms with van der Waals surface area (Å²) in [5.41, 5.74) is 0.870. The molecule has 132 valence electrons. The van der Waals surface area contributed by atoms with E-state index in [0.717, 1.165) is 18.7 Å². The number of carbonyl (C=O) groups excluding carboxylic acids is 2. The van der Waals surface area contributed by atoms with Crippen LogP contribution < -0.4 is 10.6 Å². The van der Waals surface area contributed by atoms with E-state index in [2.05, 4.69) is 15.5 Å². The Morgan fingerprint density at radius 2 is 1.75 bits per heavy atom. The minimum absolute atomic E-state index is 0.330. The topological polar surface area (TPSA) is 70.7 Å². The number of halogens is 2. The molecule has 1 aliphatic heterocycles. The van der Waals surface area contributed by atoms with Gasteiger partial charge in [-0.3, -0.25) is 14.5 Å². The zero-order chi connectivity index (χ0) is 17.4. The van der Waals surface area contributed by atoms with Gasteiger partial charge in [0.05, 0.1) is 13.2 Å². The lowest BCUT2D eigenvalue weighted by molar-refractivity contribution is -0.139. The van der Waals surface area contributed by atoms with Gasteiger partial charge in [0.2, 0.25) is 0 Å². The van der Waals surface area contributed by atoms with E-state index in [0.29, 0.717) is 49.3 Å². The van der Waals surface area contributed by atoms with E-state index in [-0.39, 0.29) is 0 Å². The molecular weight excluding hydrogens is 353 g/mol. The molecule has 1 aromatic carbocycles. The summed E-state index contributed by atoms with van der Waals surface area (Å²) in [6, 6.07) is 5.20. The predicted molar refractivity (Wildman–Crippen MR) is 93.4 cm³/mol. The van der Waals surface area contributed by atoms with Gasteiger partial charge in [0, 0.05) is 42.8 Å². The van der Waals surface area contributed by atoms with Gasteiger partial charge in [-0.05, 0) is 24.1 Å². The van der Waals surface area contributed by atoms with Crippen LogP contribution in [-0.2, 0) is 20.7 Å². The fraction of sp³-hybridized carbons (Fsp3) is 0.500. The molecule has 6 nitrogen and oxygen atoms in total. The second-order valence-corrected chi connectivity index (χ2v) is 6.30. The Labute approximate surface area is 151 Å². The Morgan fingerprint density at radius 1 is 1.08 bits per heavy atom. The highest BCUT2D eigenvalue weighted by molar-refractivity contribution is 6.35. The first-order valence-electron chi connectivity index (χ1n) is 7.86. The predicted octanol–water partition coefficient (Wildman–Crippen LogP) is 1.10. The number of rotatable bonds is 6. The highest BCUT2D eigenvalue weighted by Gasteiger charge is 2.14. The molecule has 0 radical (unpaired) electrons. The minimum atomic E-state index is -0.637. The van der Waals surface area contributed by atoms with Crippen LogP contribution in [-0.4, -0.2) is 62.7 Å². The SMILES string of the molecule is O=C(NCCc1ccc(Cl)cc1Cl)C(=O)NCCN1CCOCC1. The smallest absolute Gasteiger partial charge is 0.309 e.